The van der Waals surface area contributed by atoms with Crippen LogP contribution in [0.1, 0.15) is 32.8 Å². The minimum atomic E-state index is -3.10. The molecule has 0 radical (unpaired) electrons. The maximum atomic E-state index is 12.1. The van der Waals surface area contributed by atoms with E-state index in [0.717, 1.165) is 5.56 Å². The maximum Gasteiger partial charge on any atom is 0.228 e. The third kappa shape index (κ3) is 3.75. The number of carbonyl (C=O) groups excluding carboxylic acids is 1. The van der Waals surface area contributed by atoms with Gasteiger partial charge < -0.3 is 10.4 Å². The number of carbonyl (C=O) groups is 1. The number of sulfone groups is 1. The van der Waals surface area contributed by atoms with Gasteiger partial charge in [0, 0.05) is 0 Å². The zero-order valence-corrected chi connectivity index (χ0v) is 13.3. The number of hydrogen-bond donors (Lipinski definition) is 2. The van der Waals surface area contributed by atoms with Crippen molar-refractivity contribution in [3.8, 4) is 5.75 Å². The largest absolute Gasteiger partial charge is 0.506 e. The molecule has 0 aliphatic carbocycles. The Morgan fingerprint density at radius 3 is 2.52 bits per heavy atom. The third-order valence-electron chi connectivity index (χ3n) is 3.72. The van der Waals surface area contributed by atoms with Gasteiger partial charge in [-0.3, -0.25) is 4.79 Å². The van der Waals surface area contributed by atoms with Gasteiger partial charge in [0.25, 0.3) is 0 Å². The van der Waals surface area contributed by atoms with Crippen molar-refractivity contribution in [2.24, 2.45) is 5.92 Å². The second kappa shape index (κ2) is 5.33. The van der Waals surface area contributed by atoms with Crippen LogP contribution in [0.15, 0.2) is 18.2 Å². The Balaban J connectivity index is 2.18. The summed E-state index contributed by atoms with van der Waals surface area (Å²) in [6.07, 6.45) is 0.341. The van der Waals surface area contributed by atoms with Crippen molar-refractivity contribution >= 4 is 21.4 Å². The Morgan fingerprint density at radius 2 is 2.00 bits per heavy atom. The van der Waals surface area contributed by atoms with Crippen LogP contribution in [-0.4, -0.2) is 30.9 Å². The minimum absolute atomic E-state index is 0.0165. The topological polar surface area (TPSA) is 83.5 Å². The van der Waals surface area contributed by atoms with E-state index >= 15 is 0 Å². The molecule has 0 bridgehead atoms. The van der Waals surface area contributed by atoms with Gasteiger partial charge in [0.05, 0.1) is 23.1 Å². The first kappa shape index (κ1) is 15.8. The summed E-state index contributed by atoms with van der Waals surface area (Å²) in [5.74, 6) is -0.958. The molecular formula is C15H21NO4S. The predicted octanol–water partition coefficient (Wildman–Crippen LogP) is 2.06. The second-order valence-electron chi connectivity index (χ2n) is 6.57. The lowest BCUT2D eigenvalue weighted by molar-refractivity contribution is -0.119. The first-order valence-electron chi connectivity index (χ1n) is 6.93. The van der Waals surface area contributed by atoms with Crippen molar-refractivity contribution in [2.75, 3.05) is 16.8 Å². The number of rotatable bonds is 2. The van der Waals surface area contributed by atoms with Crippen LogP contribution < -0.4 is 5.32 Å². The van der Waals surface area contributed by atoms with E-state index in [-0.39, 0.29) is 28.6 Å². The van der Waals surface area contributed by atoms with Crippen LogP contribution >= 0.6 is 0 Å². The Kier molecular flexibility index (Phi) is 4.02. The monoisotopic (exact) mass is 311 g/mol. The number of hydrogen-bond acceptors (Lipinski definition) is 4. The van der Waals surface area contributed by atoms with E-state index in [4.69, 9.17) is 0 Å². The van der Waals surface area contributed by atoms with Crippen molar-refractivity contribution in [3.63, 3.8) is 0 Å². The molecule has 5 nitrogen and oxygen atoms in total. The highest BCUT2D eigenvalue weighted by molar-refractivity contribution is 7.91. The van der Waals surface area contributed by atoms with Crippen molar-refractivity contribution < 1.29 is 18.3 Å². The van der Waals surface area contributed by atoms with E-state index in [1.54, 1.807) is 12.1 Å². The van der Waals surface area contributed by atoms with Gasteiger partial charge in [-0.15, -0.1) is 0 Å². The van der Waals surface area contributed by atoms with E-state index in [0.29, 0.717) is 12.1 Å². The first-order valence-corrected chi connectivity index (χ1v) is 8.75. The Hall–Kier alpha value is -1.56. The summed E-state index contributed by atoms with van der Waals surface area (Å²) >= 11 is 0. The molecule has 6 heteroatoms. The van der Waals surface area contributed by atoms with Gasteiger partial charge >= 0.3 is 0 Å². The Labute approximate surface area is 125 Å². The average molecular weight is 311 g/mol. The molecule has 1 fully saturated rings. The number of benzene rings is 1. The molecule has 1 aromatic carbocycles. The molecule has 21 heavy (non-hydrogen) atoms. The van der Waals surface area contributed by atoms with Crippen molar-refractivity contribution in [3.05, 3.63) is 23.8 Å². The zero-order chi connectivity index (χ0) is 15.8. The summed E-state index contributed by atoms with van der Waals surface area (Å²) in [5, 5.41) is 12.5. The lowest BCUT2D eigenvalue weighted by Crippen LogP contribution is -2.24. The van der Waals surface area contributed by atoms with Gasteiger partial charge in [-0.25, -0.2) is 8.42 Å². The zero-order valence-electron chi connectivity index (χ0n) is 12.5. The van der Waals surface area contributed by atoms with Crippen molar-refractivity contribution in [2.45, 2.75) is 32.6 Å². The quantitative estimate of drug-likeness (QED) is 0.819. The van der Waals surface area contributed by atoms with Gasteiger partial charge in [-0.2, -0.15) is 0 Å². The van der Waals surface area contributed by atoms with Crippen molar-refractivity contribution in [1.82, 2.24) is 0 Å². The van der Waals surface area contributed by atoms with Gasteiger partial charge in [-0.1, -0.05) is 26.8 Å². The molecule has 1 unspecified atom stereocenters. The summed E-state index contributed by atoms with van der Waals surface area (Å²) in [6, 6.07) is 5.09. The maximum absolute atomic E-state index is 12.1. The van der Waals surface area contributed by atoms with Crippen LogP contribution in [0.5, 0.6) is 5.75 Å². The van der Waals surface area contributed by atoms with Gasteiger partial charge in [-0.05, 0) is 29.5 Å². The van der Waals surface area contributed by atoms with E-state index in [2.05, 4.69) is 5.32 Å². The normalized spacial score (nSPS) is 21.2. The molecule has 116 valence electrons. The third-order valence-corrected chi connectivity index (χ3v) is 5.49. The summed E-state index contributed by atoms with van der Waals surface area (Å²) < 4.78 is 22.8. The van der Waals surface area contributed by atoms with E-state index in [1.165, 1.54) is 0 Å². The first-order chi connectivity index (χ1) is 9.58. The summed E-state index contributed by atoms with van der Waals surface area (Å²) in [6.45, 7) is 6.11. The number of anilines is 1. The average Bonchev–Trinajstić information content (AvgIpc) is 2.71. The van der Waals surface area contributed by atoms with Crippen LogP contribution in [0, 0.1) is 5.92 Å². The van der Waals surface area contributed by atoms with Crippen LogP contribution in [-0.2, 0) is 20.0 Å². The van der Waals surface area contributed by atoms with Crippen LogP contribution in [0.3, 0.4) is 0 Å². The van der Waals surface area contributed by atoms with Crippen molar-refractivity contribution in [1.29, 1.82) is 0 Å². The molecule has 2 N–H and O–H groups in total. The molecule has 0 spiro atoms. The Bertz CT molecular complexity index is 659. The van der Waals surface area contributed by atoms with Crippen LogP contribution in [0.2, 0.25) is 0 Å². The number of aromatic hydroxyl groups is 1. The highest BCUT2D eigenvalue weighted by atomic mass is 32.2. The highest BCUT2D eigenvalue weighted by Crippen LogP contribution is 2.31. The van der Waals surface area contributed by atoms with Crippen LogP contribution in [0.25, 0.3) is 0 Å². The van der Waals surface area contributed by atoms with Gasteiger partial charge in [0.1, 0.15) is 5.75 Å². The molecule has 1 heterocycles. The number of phenols is 1. The molecule has 1 atom stereocenters. The summed E-state index contributed by atoms with van der Waals surface area (Å²) in [7, 11) is -3.10. The molecular weight excluding hydrogens is 290 g/mol. The van der Waals surface area contributed by atoms with Gasteiger partial charge in [0.15, 0.2) is 9.84 Å². The molecule has 1 aliphatic heterocycles. The smallest absolute Gasteiger partial charge is 0.228 e. The molecule has 1 amide bonds. The molecule has 1 saturated heterocycles. The highest BCUT2D eigenvalue weighted by Gasteiger charge is 2.33. The number of amides is 1. The minimum Gasteiger partial charge on any atom is -0.506 e. The Morgan fingerprint density at radius 1 is 1.33 bits per heavy atom. The fraction of sp³-hybridized carbons (Fsp3) is 0.533. The lowest BCUT2D eigenvalue weighted by atomic mass is 9.87. The second-order valence-corrected chi connectivity index (χ2v) is 8.80. The fourth-order valence-electron chi connectivity index (χ4n) is 2.34. The molecule has 0 saturated carbocycles. The van der Waals surface area contributed by atoms with E-state index in [9.17, 15) is 18.3 Å². The fourth-order valence-corrected chi connectivity index (χ4v) is 4.08. The lowest BCUT2D eigenvalue weighted by Gasteiger charge is -2.21. The van der Waals surface area contributed by atoms with Gasteiger partial charge in [0.2, 0.25) is 5.91 Å². The molecule has 1 aromatic rings. The molecule has 1 aliphatic rings. The standard InChI is InChI=1S/C15H21NO4S/c1-15(2,3)11-4-5-13(17)12(8-11)16-14(18)10-6-7-21(19,20)9-10/h4-5,8,10,17H,6-7,9H2,1-3H3,(H,16,18). The predicted molar refractivity (Wildman–Crippen MR) is 82.2 cm³/mol. The molecule has 2 rings (SSSR count). The summed E-state index contributed by atoms with van der Waals surface area (Å²) in [4.78, 5) is 12.1. The van der Waals surface area contributed by atoms with E-state index < -0.39 is 15.8 Å². The molecule has 0 aromatic heterocycles. The number of phenolic OH excluding ortho intramolecular Hbond substituents is 1. The summed E-state index contributed by atoms with van der Waals surface area (Å²) in [5.41, 5.74) is 1.20. The number of nitrogens with one attached hydrogen (secondary N) is 1. The van der Waals surface area contributed by atoms with Crippen LogP contribution in [0.4, 0.5) is 5.69 Å². The van der Waals surface area contributed by atoms with E-state index in [1.807, 2.05) is 26.8 Å². The SMILES string of the molecule is CC(C)(C)c1ccc(O)c(NC(=O)C2CCS(=O)(=O)C2)c1.